The third kappa shape index (κ3) is 6.35. The molecule has 0 bridgehead atoms. The molecular weight excluding hydrogens is 282 g/mol. The summed E-state index contributed by atoms with van der Waals surface area (Å²) < 4.78 is 10.4. The number of carbonyl (C=O) groups is 1. The van der Waals surface area contributed by atoms with Crippen molar-refractivity contribution in [2.45, 2.75) is 39.7 Å². The van der Waals surface area contributed by atoms with Crippen molar-refractivity contribution in [2.75, 3.05) is 20.3 Å². The second-order valence-corrected chi connectivity index (χ2v) is 6.85. The molecule has 0 spiro atoms. The number of hydrogen-bond donors (Lipinski definition) is 2. The van der Waals surface area contributed by atoms with Gasteiger partial charge in [-0.2, -0.15) is 0 Å². The Kier molecular flexibility index (Phi) is 6.23. The average molecular weight is 309 g/mol. The predicted octanol–water partition coefficient (Wildman–Crippen LogP) is 2.76. The summed E-state index contributed by atoms with van der Waals surface area (Å²) in [4.78, 5) is 11.7. The quantitative estimate of drug-likeness (QED) is 0.848. The first-order valence-corrected chi connectivity index (χ1v) is 7.38. The van der Waals surface area contributed by atoms with E-state index >= 15 is 0 Å². The number of hydrogen-bond acceptors (Lipinski definition) is 4. The summed E-state index contributed by atoms with van der Waals surface area (Å²) in [5.74, 6) is 0.776. The number of methoxy groups -OCH3 is 1. The van der Waals surface area contributed by atoms with Crippen molar-refractivity contribution in [3.8, 4) is 5.75 Å². The Morgan fingerprint density at radius 3 is 2.50 bits per heavy atom. The number of rotatable bonds is 6. The van der Waals surface area contributed by atoms with Gasteiger partial charge in [-0.15, -0.1) is 0 Å². The van der Waals surface area contributed by atoms with E-state index in [1.807, 2.05) is 52.0 Å². The molecule has 0 radical (unpaired) electrons. The van der Waals surface area contributed by atoms with Gasteiger partial charge in [-0.3, -0.25) is 0 Å². The highest BCUT2D eigenvalue weighted by molar-refractivity contribution is 5.67. The van der Waals surface area contributed by atoms with Crippen molar-refractivity contribution in [2.24, 2.45) is 5.41 Å². The minimum absolute atomic E-state index is 0.0417. The number of aliphatic hydroxyl groups is 1. The lowest BCUT2D eigenvalue weighted by atomic mass is 9.84. The summed E-state index contributed by atoms with van der Waals surface area (Å²) in [6.45, 7) is 7.65. The zero-order valence-electron chi connectivity index (χ0n) is 14.1. The van der Waals surface area contributed by atoms with Gasteiger partial charge in [-0.05, 0) is 44.9 Å². The fourth-order valence-electron chi connectivity index (χ4n) is 2.05. The molecule has 2 N–H and O–H groups in total. The van der Waals surface area contributed by atoms with Crippen LogP contribution in [0.2, 0.25) is 0 Å². The van der Waals surface area contributed by atoms with Gasteiger partial charge in [0.15, 0.2) is 0 Å². The van der Waals surface area contributed by atoms with Crippen molar-refractivity contribution in [1.29, 1.82) is 0 Å². The SMILES string of the molecule is COc1cccc(CC(C)(CO)CNC(=O)OC(C)(C)C)c1. The summed E-state index contributed by atoms with van der Waals surface area (Å²) >= 11 is 0. The zero-order valence-corrected chi connectivity index (χ0v) is 14.1. The van der Waals surface area contributed by atoms with Crippen LogP contribution in [0.1, 0.15) is 33.3 Å². The smallest absolute Gasteiger partial charge is 0.407 e. The van der Waals surface area contributed by atoms with E-state index in [9.17, 15) is 9.90 Å². The molecule has 0 aliphatic rings. The van der Waals surface area contributed by atoms with Crippen molar-refractivity contribution in [3.63, 3.8) is 0 Å². The molecule has 0 saturated carbocycles. The Hall–Kier alpha value is -1.75. The van der Waals surface area contributed by atoms with Crippen LogP contribution >= 0.6 is 0 Å². The molecule has 5 heteroatoms. The van der Waals surface area contributed by atoms with Crippen LogP contribution in [-0.4, -0.2) is 37.1 Å². The van der Waals surface area contributed by atoms with Crippen molar-refractivity contribution >= 4 is 6.09 Å². The van der Waals surface area contributed by atoms with E-state index < -0.39 is 17.1 Å². The fraction of sp³-hybridized carbons (Fsp3) is 0.588. The molecule has 1 aromatic carbocycles. The third-order valence-corrected chi connectivity index (χ3v) is 3.21. The fourth-order valence-corrected chi connectivity index (χ4v) is 2.05. The minimum atomic E-state index is -0.535. The number of alkyl carbamates (subject to hydrolysis) is 1. The lowest BCUT2D eigenvalue weighted by Gasteiger charge is -2.28. The Morgan fingerprint density at radius 1 is 1.27 bits per heavy atom. The highest BCUT2D eigenvalue weighted by Crippen LogP contribution is 2.24. The van der Waals surface area contributed by atoms with E-state index in [2.05, 4.69) is 5.32 Å². The van der Waals surface area contributed by atoms with Gasteiger partial charge >= 0.3 is 6.09 Å². The van der Waals surface area contributed by atoms with Gasteiger partial charge in [0, 0.05) is 12.0 Å². The lowest BCUT2D eigenvalue weighted by molar-refractivity contribution is 0.0478. The Bertz CT molecular complexity index is 496. The summed E-state index contributed by atoms with van der Waals surface area (Å²) in [6, 6.07) is 7.69. The van der Waals surface area contributed by atoms with E-state index in [0.717, 1.165) is 11.3 Å². The summed E-state index contributed by atoms with van der Waals surface area (Å²) in [6.07, 6.45) is 0.147. The van der Waals surface area contributed by atoms with Gasteiger partial charge in [-0.1, -0.05) is 19.1 Å². The molecule has 1 aromatic rings. The number of amides is 1. The standard InChI is InChI=1S/C17H27NO4/c1-16(2,3)22-15(20)18-11-17(4,12-19)10-13-7-6-8-14(9-13)21-5/h6-9,19H,10-12H2,1-5H3,(H,18,20). The average Bonchev–Trinajstić information content (AvgIpc) is 2.44. The van der Waals surface area contributed by atoms with Crippen molar-refractivity contribution in [3.05, 3.63) is 29.8 Å². The second-order valence-electron chi connectivity index (χ2n) is 6.85. The van der Waals surface area contributed by atoms with Crippen molar-refractivity contribution < 1.29 is 19.4 Å². The van der Waals surface area contributed by atoms with E-state index in [1.54, 1.807) is 7.11 Å². The van der Waals surface area contributed by atoms with Crippen LogP contribution in [0.25, 0.3) is 0 Å². The molecule has 0 fully saturated rings. The molecule has 1 unspecified atom stereocenters. The van der Waals surface area contributed by atoms with Gasteiger partial charge in [0.2, 0.25) is 0 Å². The Balaban J connectivity index is 2.65. The molecule has 22 heavy (non-hydrogen) atoms. The Morgan fingerprint density at radius 2 is 1.95 bits per heavy atom. The van der Waals surface area contributed by atoms with E-state index in [4.69, 9.17) is 9.47 Å². The van der Waals surface area contributed by atoms with Gasteiger partial charge in [0.05, 0.1) is 13.7 Å². The largest absolute Gasteiger partial charge is 0.497 e. The molecule has 0 aromatic heterocycles. The van der Waals surface area contributed by atoms with Gasteiger partial charge in [0.25, 0.3) is 0 Å². The molecule has 1 amide bonds. The molecule has 0 saturated heterocycles. The van der Waals surface area contributed by atoms with Crippen LogP contribution < -0.4 is 10.1 Å². The van der Waals surface area contributed by atoms with Crippen LogP contribution in [0.4, 0.5) is 4.79 Å². The summed E-state index contributed by atoms with van der Waals surface area (Å²) in [5, 5.41) is 12.4. The maximum Gasteiger partial charge on any atom is 0.407 e. The molecule has 5 nitrogen and oxygen atoms in total. The highest BCUT2D eigenvalue weighted by atomic mass is 16.6. The zero-order chi connectivity index (χ0) is 16.8. The minimum Gasteiger partial charge on any atom is -0.497 e. The molecule has 0 aliphatic heterocycles. The van der Waals surface area contributed by atoms with Gasteiger partial charge in [0.1, 0.15) is 11.4 Å². The molecular formula is C17H27NO4. The number of benzene rings is 1. The van der Waals surface area contributed by atoms with Crippen LogP contribution in [0.3, 0.4) is 0 Å². The van der Waals surface area contributed by atoms with Crippen LogP contribution in [0.15, 0.2) is 24.3 Å². The van der Waals surface area contributed by atoms with E-state index in [0.29, 0.717) is 13.0 Å². The molecule has 0 aliphatic carbocycles. The second kappa shape index (κ2) is 7.49. The molecule has 124 valence electrons. The van der Waals surface area contributed by atoms with Gasteiger partial charge < -0.3 is 19.9 Å². The number of aliphatic hydroxyl groups excluding tert-OH is 1. The first-order chi connectivity index (χ1) is 10.2. The predicted molar refractivity (Wildman–Crippen MR) is 86.1 cm³/mol. The van der Waals surface area contributed by atoms with E-state index in [1.165, 1.54) is 0 Å². The number of carbonyl (C=O) groups excluding carboxylic acids is 1. The summed E-state index contributed by atoms with van der Waals surface area (Å²) in [7, 11) is 1.62. The highest BCUT2D eigenvalue weighted by Gasteiger charge is 2.26. The Labute approximate surface area is 132 Å². The van der Waals surface area contributed by atoms with Crippen LogP contribution in [-0.2, 0) is 11.2 Å². The van der Waals surface area contributed by atoms with Crippen molar-refractivity contribution in [1.82, 2.24) is 5.32 Å². The maximum atomic E-state index is 11.7. The topological polar surface area (TPSA) is 67.8 Å². The number of ether oxygens (including phenoxy) is 2. The molecule has 0 heterocycles. The van der Waals surface area contributed by atoms with Crippen LogP contribution in [0.5, 0.6) is 5.75 Å². The van der Waals surface area contributed by atoms with E-state index in [-0.39, 0.29) is 6.61 Å². The normalized spacial score (nSPS) is 14.1. The monoisotopic (exact) mass is 309 g/mol. The van der Waals surface area contributed by atoms with Gasteiger partial charge in [-0.25, -0.2) is 4.79 Å². The lowest BCUT2D eigenvalue weighted by Crippen LogP contribution is -2.41. The first kappa shape index (κ1) is 18.3. The van der Waals surface area contributed by atoms with Crippen LogP contribution in [0, 0.1) is 5.41 Å². The maximum absolute atomic E-state index is 11.7. The molecule has 1 rings (SSSR count). The number of nitrogens with one attached hydrogen (secondary N) is 1. The summed E-state index contributed by atoms with van der Waals surface area (Å²) in [5.41, 5.74) is 0.0392. The third-order valence-electron chi connectivity index (χ3n) is 3.21. The first-order valence-electron chi connectivity index (χ1n) is 7.38. The molecule has 1 atom stereocenters.